The highest BCUT2D eigenvalue weighted by Gasteiger charge is 2.45. The molecule has 1 aliphatic rings. The number of carbonyl (C=O) groups excluding carboxylic acids is 1. The van der Waals surface area contributed by atoms with Crippen LogP contribution in [-0.4, -0.2) is 79.3 Å². The summed E-state index contributed by atoms with van der Waals surface area (Å²) in [7, 11) is 0.449. The Morgan fingerprint density at radius 3 is 1.88 bits per heavy atom. The molecule has 10 nitrogen and oxygen atoms in total. The Labute approximate surface area is 238 Å². The molecule has 3 N–H and O–H groups in total. The van der Waals surface area contributed by atoms with Gasteiger partial charge in [-0.25, -0.2) is 4.79 Å². The van der Waals surface area contributed by atoms with Crippen molar-refractivity contribution in [3.05, 3.63) is 59.7 Å². The van der Waals surface area contributed by atoms with Gasteiger partial charge in [-0.15, -0.1) is 0 Å². The quantitative estimate of drug-likeness (QED) is 0.202. The predicted octanol–water partition coefficient (Wildman–Crippen LogP) is 3.83. The van der Waals surface area contributed by atoms with E-state index < -0.39 is 32.6 Å². The fourth-order valence-corrected chi connectivity index (χ4v) is 7.67. The lowest BCUT2D eigenvalue weighted by Crippen LogP contribution is -2.46. The van der Waals surface area contributed by atoms with Gasteiger partial charge in [0.2, 0.25) is 0 Å². The maximum absolute atomic E-state index is 12.6. The summed E-state index contributed by atoms with van der Waals surface area (Å²) < 4.78 is 33.9. The lowest BCUT2D eigenvalue weighted by Gasteiger charge is -2.35. The maximum atomic E-state index is 12.6. The Morgan fingerprint density at radius 1 is 0.925 bits per heavy atom. The first-order valence-corrected chi connectivity index (χ1v) is 15.9. The third-order valence-corrected chi connectivity index (χ3v) is 10.1. The summed E-state index contributed by atoms with van der Waals surface area (Å²) in [5.74, 6) is 1.39. The van der Waals surface area contributed by atoms with E-state index in [1.165, 1.54) is 0 Å². The van der Waals surface area contributed by atoms with Gasteiger partial charge in [-0.1, -0.05) is 24.3 Å². The summed E-state index contributed by atoms with van der Waals surface area (Å²) in [6, 6.07) is 14.9. The van der Waals surface area contributed by atoms with Gasteiger partial charge in [-0.2, -0.15) is 0 Å². The largest absolute Gasteiger partial charge is 0.500 e. The highest BCUT2D eigenvalue weighted by atomic mass is 28.4. The highest BCUT2D eigenvalue weighted by Crippen LogP contribution is 2.38. The molecule has 2 atom stereocenters. The van der Waals surface area contributed by atoms with E-state index >= 15 is 0 Å². The van der Waals surface area contributed by atoms with Crippen LogP contribution < -0.4 is 20.1 Å². The number of alkyl carbamates (subject to hydrolysis) is 1. The minimum atomic E-state index is -2.76. The third-order valence-electron chi connectivity index (χ3n) is 6.95. The van der Waals surface area contributed by atoms with Crippen LogP contribution in [0.15, 0.2) is 48.5 Å². The second kappa shape index (κ2) is 15.4. The van der Waals surface area contributed by atoms with Gasteiger partial charge in [-0.3, -0.25) is 0 Å². The molecule has 0 bridgehead atoms. The second-order valence-corrected chi connectivity index (χ2v) is 12.2. The number of hydrogen-bond donors (Lipinski definition) is 3. The lowest BCUT2D eigenvalue weighted by atomic mass is 9.79. The van der Waals surface area contributed by atoms with Crippen LogP contribution in [0, 0.1) is 0 Å². The van der Waals surface area contributed by atoms with Gasteiger partial charge >= 0.3 is 14.9 Å². The van der Waals surface area contributed by atoms with Crippen molar-refractivity contribution in [1.82, 2.24) is 10.6 Å². The molecule has 0 saturated carbocycles. The molecule has 11 heteroatoms. The van der Waals surface area contributed by atoms with Crippen molar-refractivity contribution in [2.45, 2.75) is 57.4 Å². The zero-order valence-corrected chi connectivity index (χ0v) is 25.2. The van der Waals surface area contributed by atoms with Gasteiger partial charge in [0.15, 0.2) is 0 Å². The number of hydrogen-bond acceptors (Lipinski definition) is 9. The average molecular weight is 577 g/mol. The van der Waals surface area contributed by atoms with Crippen LogP contribution in [0.1, 0.15) is 44.7 Å². The number of ether oxygens (including phenoxy) is 3. The molecule has 0 aromatic heterocycles. The van der Waals surface area contributed by atoms with Crippen molar-refractivity contribution < 1.29 is 37.4 Å². The van der Waals surface area contributed by atoms with Crippen LogP contribution in [0.2, 0.25) is 6.04 Å². The topological polar surface area (TPSA) is 117 Å². The third kappa shape index (κ3) is 7.96. The van der Waals surface area contributed by atoms with E-state index in [0.717, 1.165) is 0 Å². The zero-order chi connectivity index (χ0) is 29.0. The van der Waals surface area contributed by atoms with Crippen molar-refractivity contribution in [3.63, 3.8) is 0 Å². The summed E-state index contributed by atoms with van der Waals surface area (Å²) >= 11 is 0. The van der Waals surface area contributed by atoms with Gasteiger partial charge in [0.25, 0.3) is 0 Å². The Hall–Kier alpha value is -2.67. The summed E-state index contributed by atoms with van der Waals surface area (Å²) in [6.45, 7) is 8.12. The van der Waals surface area contributed by atoms with Crippen LogP contribution in [0.25, 0.3) is 0 Å². The Morgan fingerprint density at radius 2 is 1.43 bits per heavy atom. The minimum absolute atomic E-state index is 0.401. The molecule has 2 aromatic carbocycles. The molecule has 1 amide bonds. The van der Waals surface area contributed by atoms with Gasteiger partial charge in [0.05, 0.1) is 14.2 Å². The molecule has 1 saturated heterocycles. The van der Waals surface area contributed by atoms with Crippen molar-refractivity contribution in [3.8, 4) is 11.5 Å². The fourth-order valence-electron chi connectivity index (χ4n) is 5.06. The first-order chi connectivity index (χ1) is 19.3. The van der Waals surface area contributed by atoms with E-state index in [1.807, 2.05) is 69.3 Å². The summed E-state index contributed by atoms with van der Waals surface area (Å²) in [6.07, 6.45) is 0.164. The number of carbonyl (C=O) groups is 1. The maximum Gasteiger partial charge on any atom is 0.500 e. The zero-order valence-electron chi connectivity index (χ0n) is 24.2. The molecule has 3 rings (SSSR count). The average Bonchev–Trinajstić information content (AvgIpc) is 3.44. The Kier molecular flexibility index (Phi) is 12.2. The number of aliphatic hydroxyl groups is 1. The molecule has 0 unspecified atom stereocenters. The molecule has 1 heterocycles. The smallest absolute Gasteiger partial charge is 0.497 e. The number of nitrogens with one attached hydrogen (secondary N) is 2. The molecular formula is C29H44N2O8Si. The molecule has 0 radical (unpaired) electrons. The van der Waals surface area contributed by atoms with Gasteiger partial charge in [0.1, 0.15) is 23.2 Å². The summed E-state index contributed by atoms with van der Waals surface area (Å²) in [5, 5.41) is 18.4. The molecule has 0 aliphatic carbocycles. The molecule has 222 valence electrons. The van der Waals surface area contributed by atoms with Crippen molar-refractivity contribution in [2.24, 2.45) is 0 Å². The molecule has 2 aromatic rings. The van der Waals surface area contributed by atoms with Crippen molar-refractivity contribution in [1.29, 1.82) is 0 Å². The van der Waals surface area contributed by atoms with E-state index in [2.05, 4.69) is 10.6 Å². The van der Waals surface area contributed by atoms with E-state index in [-0.39, 0.29) is 0 Å². The molecule has 0 spiro atoms. The van der Waals surface area contributed by atoms with Crippen LogP contribution in [-0.2, 0) is 23.6 Å². The minimum Gasteiger partial charge on any atom is -0.497 e. The molecule has 1 fully saturated rings. The van der Waals surface area contributed by atoms with Crippen molar-refractivity contribution in [2.75, 3.05) is 47.1 Å². The number of benzene rings is 2. The SMILES string of the molecule is CCO[Si](CCCNC(=O)O[C@H]1CN[C@H](C(O)(c2ccc(OC)cc2)c2ccc(OC)cc2)C1)(OCC)OCC. The normalized spacial score (nSPS) is 17.4. The number of rotatable bonds is 16. The Bertz CT molecular complexity index is 973. The second-order valence-electron chi connectivity index (χ2n) is 9.46. The van der Waals surface area contributed by atoms with Gasteiger partial charge in [0, 0.05) is 51.4 Å². The van der Waals surface area contributed by atoms with Crippen LogP contribution >= 0.6 is 0 Å². The highest BCUT2D eigenvalue weighted by molar-refractivity contribution is 6.60. The van der Waals surface area contributed by atoms with E-state index in [4.69, 9.17) is 27.5 Å². The van der Waals surface area contributed by atoms with Crippen LogP contribution in [0.4, 0.5) is 4.79 Å². The van der Waals surface area contributed by atoms with E-state index in [9.17, 15) is 9.90 Å². The predicted molar refractivity (Wildman–Crippen MR) is 154 cm³/mol. The first kappa shape index (κ1) is 31.8. The van der Waals surface area contributed by atoms with E-state index in [1.54, 1.807) is 14.2 Å². The first-order valence-electron chi connectivity index (χ1n) is 13.9. The molecular weight excluding hydrogens is 532 g/mol. The summed E-state index contributed by atoms with van der Waals surface area (Å²) in [5.41, 5.74) is 0.0251. The van der Waals surface area contributed by atoms with Crippen molar-refractivity contribution >= 4 is 14.9 Å². The number of methoxy groups -OCH3 is 2. The number of amides is 1. The van der Waals surface area contributed by atoms with Gasteiger partial charge in [-0.05, 0) is 62.6 Å². The standard InChI is InChI=1S/C29H44N2O8Si/c1-6-36-40(37-7-2,38-8-3)19-9-18-30-28(32)39-26-20-27(31-21-26)29(33,22-10-14-24(34-4)15-11-22)23-12-16-25(35-5)17-13-23/h10-17,26-27,31,33H,6-9,18-21H2,1-5H3,(H,30,32)/t26-,27+/m1/s1. The monoisotopic (exact) mass is 576 g/mol. The molecule has 1 aliphatic heterocycles. The van der Waals surface area contributed by atoms with Gasteiger partial charge < -0.3 is 43.2 Å². The van der Waals surface area contributed by atoms with Crippen LogP contribution in [0.3, 0.4) is 0 Å². The fraction of sp³-hybridized carbons (Fsp3) is 0.552. The molecule has 40 heavy (non-hydrogen) atoms. The summed E-state index contributed by atoms with van der Waals surface area (Å²) in [4.78, 5) is 12.6. The lowest BCUT2D eigenvalue weighted by molar-refractivity contribution is 0.0371. The van der Waals surface area contributed by atoms with Crippen LogP contribution in [0.5, 0.6) is 11.5 Å². The van der Waals surface area contributed by atoms with E-state index in [0.29, 0.717) is 74.4 Å². The Balaban J connectivity index is 1.62.